The van der Waals surface area contributed by atoms with Crippen molar-refractivity contribution < 1.29 is 23.9 Å². The number of thioether (sulfide) groups is 1. The van der Waals surface area contributed by atoms with Crippen LogP contribution in [0.1, 0.15) is 35.3 Å². The lowest BCUT2D eigenvalue weighted by Crippen LogP contribution is -2.65. The van der Waals surface area contributed by atoms with Gasteiger partial charge >= 0.3 is 11.9 Å². The van der Waals surface area contributed by atoms with Gasteiger partial charge in [0.15, 0.2) is 6.04 Å². The standard InChI is InChI=1S/C23H20N2O5S/c1-23(2)17(22(28)29-12-13-8-4-3-5-9-13)25-19(26)16(20(25)31-23)24-18-14-10-6-7-11-15(14)21(27)30-18/h3-11,16-17,20H,12H2,1-2H3/t16-,17+,20-/m1/s1. The number of cyclic esters (lactones) is 1. The van der Waals surface area contributed by atoms with Gasteiger partial charge in [-0.15, -0.1) is 11.8 Å². The molecule has 0 radical (unpaired) electrons. The van der Waals surface area contributed by atoms with E-state index in [1.54, 1.807) is 29.2 Å². The van der Waals surface area contributed by atoms with Gasteiger partial charge in [-0.05, 0) is 31.5 Å². The van der Waals surface area contributed by atoms with E-state index in [1.807, 2.05) is 44.2 Å². The third-order valence-electron chi connectivity index (χ3n) is 5.68. The molecule has 2 fully saturated rings. The number of aliphatic imine (C=N–C) groups is 1. The van der Waals surface area contributed by atoms with E-state index in [4.69, 9.17) is 9.47 Å². The lowest BCUT2D eigenvalue weighted by atomic mass is 9.96. The first kappa shape index (κ1) is 19.8. The zero-order chi connectivity index (χ0) is 21.8. The van der Waals surface area contributed by atoms with E-state index in [0.717, 1.165) is 5.56 Å². The summed E-state index contributed by atoms with van der Waals surface area (Å²) < 4.78 is 10.3. The summed E-state index contributed by atoms with van der Waals surface area (Å²) in [6.45, 7) is 4.00. The second kappa shape index (κ2) is 7.23. The number of rotatable bonds is 4. The Kier molecular flexibility index (Phi) is 4.62. The van der Waals surface area contributed by atoms with E-state index in [-0.39, 0.29) is 23.8 Å². The van der Waals surface area contributed by atoms with Crippen molar-refractivity contribution in [3.05, 3.63) is 71.3 Å². The molecule has 3 heterocycles. The molecule has 0 aromatic heterocycles. The quantitative estimate of drug-likeness (QED) is 0.541. The summed E-state index contributed by atoms with van der Waals surface area (Å²) in [4.78, 5) is 43.9. The van der Waals surface area contributed by atoms with Crippen molar-refractivity contribution in [2.24, 2.45) is 4.99 Å². The van der Waals surface area contributed by atoms with Crippen LogP contribution >= 0.6 is 11.8 Å². The third kappa shape index (κ3) is 3.22. The third-order valence-corrected chi connectivity index (χ3v) is 7.24. The second-order valence-corrected chi connectivity index (χ2v) is 9.94. The van der Waals surface area contributed by atoms with E-state index < -0.39 is 28.8 Å². The fourth-order valence-corrected chi connectivity index (χ4v) is 5.77. The summed E-state index contributed by atoms with van der Waals surface area (Å²) in [7, 11) is 0. The highest BCUT2D eigenvalue weighted by Crippen LogP contribution is 2.52. The predicted octanol–water partition coefficient (Wildman–Crippen LogP) is 2.78. The van der Waals surface area contributed by atoms with Crippen molar-refractivity contribution in [3.63, 3.8) is 0 Å². The first-order valence-electron chi connectivity index (χ1n) is 9.97. The molecule has 2 saturated heterocycles. The minimum atomic E-state index is -0.704. The van der Waals surface area contributed by atoms with E-state index in [1.165, 1.54) is 11.8 Å². The fourth-order valence-electron chi connectivity index (χ4n) is 4.17. The highest BCUT2D eigenvalue weighted by molar-refractivity contribution is 8.01. The minimum absolute atomic E-state index is 0.155. The van der Waals surface area contributed by atoms with Gasteiger partial charge in [-0.25, -0.2) is 14.6 Å². The number of benzene rings is 2. The Morgan fingerprint density at radius 1 is 1.10 bits per heavy atom. The molecule has 3 aliphatic heterocycles. The van der Waals surface area contributed by atoms with Gasteiger partial charge in [0.25, 0.3) is 5.91 Å². The van der Waals surface area contributed by atoms with E-state index in [9.17, 15) is 14.4 Å². The van der Waals surface area contributed by atoms with Gasteiger partial charge in [-0.1, -0.05) is 42.5 Å². The monoisotopic (exact) mass is 436 g/mol. The van der Waals surface area contributed by atoms with Gasteiger partial charge in [0.05, 0.1) is 11.1 Å². The largest absolute Gasteiger partial charge is 0.459 e. The topological polar surface area (TPSA) is 85.3 Å². The molecule has 0 spiro atoms. The SMILES string of the molecule is CC1(C)S[C@@H]2[C@H](N=C3OC(=O)c4ccccc43)C(=O)N2[C@H]1C(=O)OCc1ccccc1. The molecule has 3 aliphatic rings. The predicted molar refractivity (Wildman–Crippen MR) is 115 cm³/mol. The molecule has 0 N–H and O–H groups in total. The maximum atomic E-state index is 13.0. The zero-order valence-corrected chi connectivity index (χ0v) is 17.8. The van der Waals surface area contributed by atoms with Crippen molar-refractivity contribution >= 4 is 35.5 Å². The molecular weight excluding hydrogens is 416 g/mol. The highest BCUT2D eigenvalue weighted by Gasteiger charge is 2.64. The Hall–Kier alpha value is -3.13. The summed E-state index contributed by atoms with van der Waals surface area (Å²) in [6.07, 6.45) is 0. The number of amides is 1. The number of hydrogen-bond acceptors (Lipinski definition) is 7. The molecule has 0 aliphatic carbocycles. The maximum absolute atomic E-state index is 13.0. The van der Waals surface area contributed by atoms with Gasteiger partial charge in [-0.3, -0.25) is 4.79 Å². The molecule has 8 heteroatoms. The van der Waals surface area contributed by atoms with Crippen LogP contribution in [0.25, 0.3) is 0 Å². The van der Waals surface area contributed by atoms with Crippen molar-refractivity contribution in [2.45, 2.75) is 42.7 Å². The van der Waals surface area contributed by atoms with Crippen molar-refractivity contribution in [1.29, 1.82) is 0 Å². The maximum Gasteiger partial charge on any atom is 0.345 e. The normalized spacial score (nSPS) is 26.8. The summed E-state index contributed by atoms with van der Waals surface area (Å²) in [6, 6.07) is 15.0. The van der Waals surface area contributed by atoms with Crippen molar-refractivity contribution in [3.8, 4) is 0 Å². The van der Waals surface area contributed by atoms with Gasteiger partial charge in [0.2, 0.25) is 5.90 Å². The number of hydrogen-bond donors (Lipinski definition) is 0. The van der Waals surface area contributed by atoms with E-state index in [2.05, 4.69) is 4.99 Å². The molecule has 31 heavy (non-hydrogen) atoms. The number of nitrogens with zero attached hydrogens (tertiary/aromatic N) is 2. The molecule has 2 aromatic carbocycles. The van der Waals surface area contributed by atoms with Crippen molar-refractivity contribution in [1.82, 2.24) is 4.90 Å². The molecule has 5 rings (SSSR count). The second-order valence-electron chi connectivity index (χ2n) is 8.17. The molecular formula is C23H20N2O5S. The number of carbonyl (C=O) groups excluding carboxylic acids is 3. The summed E-state index contributed by atoms with van der Waals surface area (Å²) in [5.41, 5.74) is 1.91. The molecule has 7 nitrogen and oxygen atoms in total. The Balaban J connectivity index is 1.34. The smallest absolute Gasteiger partial charge is 0.345 e. The minimum Gasteiger partial charge on any atom is -0.459 e. The van der Waals surface area contributed by atoms with Crippen molar-refractivity contribution in [2.75, 3.05) is 0 Å². The van der Waals surface area contributed by atoms with Crippen LogP contribution in [-0.2, 0) is 25.7 Å². The molecule has 0 bridgehead atoms. The van der Waals surface area contributed by atoms with Crippen LogP contribution in [0.4, 0.5) is 0 Å². The summed E-state index contributed by atoms with van der Waals surface area (Å²) >= 11 is 1.51. The van der Waals surface area contributed by atoms with Crippen LogP contribution in [-0.4, -0.2) is 50.8 Å². The number of fused-ring (bicyclic) bond motifs is 2. The molecule has 158 valence electrons. The average molecular weight is 436 g/mol. The zero-order valence-electron chi connectivity index (χ0n) is 17.0. The number of carbonyl (C=O) groups is 3. The Morgan fingerprint density at radius 2 is 1.77 bits per heavy atom. The van der Waals surface area contributed by atoms with Crippen LogP contribution in [0.15, 0.2) is 59.6 Å². The number of esters is 2. The summed E-state index contributed by atoms with van der Waals surface area (Å²) in [5, 5.41) is -0.310. The average Bonchev–Trinajstić information content (AvgIpc) is 3.22. The van der Waals surface area contributed by atoms with Gasteiger partial charge < -0.3 is 14.4 Å². The number of ether oxygens (including phenoxy) is 2. The first-order chi connectivity index (χ1) is 14.9. The Bertz CT molecular complexity index is 1110. The highest BCUT2D eigenvalue weighted by atomic mass is 32.2. The van der Waals surface area contributed by atoms with E-state index >= 15 is 0 Å². The van der Waals surface area contributed by atoms with Crippen LogP contribution < -0.4 is 0 Å². The lowest BCUT2D eigenvalue weighted by molar-refractivity contribution is -0.163. The van der Waals surface area contributed by atoms with Crippen LogP contribution in [0.2, 0.25) is 0 Å². The fraction of sp³-hybridized carbons (Fsp3) is 0.304. The Morgan fingerprint density at radius 3 is 2.52 bits per heavy atom. The van der Waals surface area contributed by atoms with Crippen LogP contribution in [0.5, 0.6) is 0 Å². The van der Waals surface area contributed by atoms with Crippen LogP contribution in [0, 0.1) is 0 Å². The van der Waals surface area contributed by atoms with Gasteiger partial charge in [0.1, 0.15) is 18.0 Å². The van der Waals surface area contributed by atoms with Crippen LogP contribution in [0.3, 0.4) is 0 Å². The molecule has 1 amide bonds. The molecule has 3 atom stereocenters. The first-order valence-corrected chi connectivity index (χ1v) is 10.8. The van der Waals surface area contributed by atoms with E-state index in [0.29, 0.717) is 11.1 Å². The molecule has 2 aromatic rings. The molecule has 0 saturated carbocycles. The number of β-lactam (4-membered cyclic amide) rings is 1. The Labute approximate surface area is 183 Å². The molecule has 0 unspecified atom stereocenters. The lowest BCUT2D eigenvalue weighted by Gasteiger charge is -2.41. The van der Waals surface area contributed by atoms with Gasteiger partial charge in [-0.2, -0.15) is 0 Å². The van der Waals surface area contributed by atoms with Gasteiger partial charge in [0, 0.05) is 4.75 Å². The summed E-state index contributed by atoms with van der Waals surface area (Å²) in [5.74, 6) is -1.01.